The molecule has 25 heavy (non-hydrogen) atoms. The molecule has 2 aliphatic rings. The van der Waals surface area contributed by atoms with Crippen LogP contribution < -0.4 is 5.76 Å². The van der Waals surface area contributed by atoms with Crippen molar-refractivity contribution in [3.63, 3.8) is 0 Å². The molecule has 2 heterocycles. The highest BCUT2D eigenvalue weighted by molar-refractivity contribution is 8.03. The maximum atomic E-state index is 12.1. The summed E-state index contributed by atoms with van der Waals surface area (Å²) in [5.41, 5.74) is 1.78. The van der Waals surface area contributed by atoms with Gasteiger partial charge in [-0.1, -0.05) is 66.5 Å². The minimum atomic E-state index is -0.843. The van der Waals surface area contributed by atoms with Gasteiger partial charge >= 0.3 is 5.76 Å². The van der Waals surface area contributed by atoms with E-state index in [4.69, 9.17) is 9.26 Å². The first-order valence-corrected chi connectivity index (χ1v) is 9.72. The predicted octanol–water partition coefficient (Wildman–Crippen LogP) is 4.20. The number of fused-ring (bicyclic) bond motifs is 1. The lowest BCUT2D eigenvalue weighted by molar-refractivity contribution is 0.0118. The molecule has 0 radical (unpaired) electrons. The molecule has 0 spiro atoms. The van der Waals surface area contributed by atoms with Crippen LogP contribution in [-0.2, 0) is 9.67 Å². The molecule has 2 aromatic rings. The first-order chi connectivity index (χ1) is 12.2. The van der Waals surface area contributed by atoms with Crippen LogP contribution in [0, 0.1) is 5.92 Å². The van der Waals surface area contributed by atoms with Gasteiger partial charge < -0.3 is 4.74 Å². The van der Waals surface area contributed by atoms with Crippen LogP contribution in [0.4, 0.5) is 0 Å². The molecular formula is C19H22N2O3S. The van der Waals surface area contributed by atoms with Crippen molar-refractivity contribution in [2.24, 2.45) is 5.92 Å². The zero-order chi connectivity index (χ0) is 17.3. The van der Waals surface area contributed by atoms with Crippen LogP contribution >= 0.6 is 11.8 Å². The van der Waals surface area contributed by atoms with Gasteiger partial charge in [-0.15, -0.1) is 0 Å². The molecule has 5 nitrogen and oxygen atoms in total. The average molecular weight is 358 g/mol. The molecule has 0 N–H and O–H groups in total. The van der Waals surface area contributed by atoms with E-state index in [1.165, 1.54) is 36.7 Å². The monoisotopic (exact) mass is 358 g/mol. The topological polar surface area (TPSA) is 57.3 Å². The number of benzene rings is 1. The molecule has 4 rings (SSSR count). The average Bonchev–Trinajstić information content (AvgIpc) is 3.06. The molecule has 1 saturated carbocycles. The van der Waals surface area contributed by atoms with Crippen LogP contribution in [0.5, 0.6) is 0 Å². The van der Waals surface area contributed by atoms with Crippen LogP contribution in [0.1, 0.15) is 50.4 Å². The van der Waals surface area contributed by atoms with Gasteiger partial charge in [-0.25, -0.2) is 9.36 Å². The second kappa shape index (κ2) is 6.84. The quantitative estimate of drug-likeness (QED) is 0.820. The highest BCUT2D eigenvalue weighted by atomic mass is 32.2. The van der Waals surface area contributed by atoms with Crippen LogP contribution in [0.3, 0.4) is 0 Å². The van der Waals surface area contributed by atoms with Gasteiger partial charge in [-0.2, -0.15) is 0 Å². The Hall–Kier alpha value is -1.79. The molecule has 1 aliphatic carbocycles. The fraction of sp³-hybridized carbons (Fsp3) is 0.474. The highest BCUT2D eigenvalue weighted by Gasteiger charge is 2.45. The van der Waals surface area contributed by atoms with E-state index in [0.29, 0.717) is 18.3 Å². The summed E-state index contributed by atoms with van der Waals surface area (Å²) in [5.74, 6) is 0.615. The van der Waals surface area contributed by atoms with Gasteiger partial charge in [-0.3, -0.25) is 4.52 Å². The van der Waals surface area contributed by atoms with Crippen molar-refractivity contribution in [2.45, 2.75) is 44.0 Å². The Balaban J connectivity index is 1.74. The molecule has 132 valence electrons. The summed E-state index contributed by atoms with van der Waals surface area (Å²) in [7, 11) is 0. The molecule has 0 bridgehead atoms. The van der Waals surface area contributed by atoms with E-state index in [0.717, 1.165) is 11.3 Å². The second-order valence-electron chi connectivity index (χ2n) is 6.78. The van der Waals surface area contributed by atoms with Gasteiger partial charge in [0.05, 0.1) is 6.61 Å². The van der Waals surface area contributed by atoms with Crippen molar-refractivity contribution in [3.8, 4) is 0 Å². The van der Waals surface area contributed by atoms with Crippen molar-refractivity contribution < 1.29 is 9.26 Å². The number of hydrogen-bond donors (Lipinski definition) is 0. The molecule has 1 fully saturated rings. The largest absolute Gasteiger partial charge is 0.446 e. The number of ether oxygens (including phenoxy) is 1. The van der Waals surface area contributed by atoms with Gasteiger partial charge in [0.2, 0.25) is 10.8 Å². The number of aromatic nitrogens is 2. The van der Waals surface area contributed by atoms with Crippen molar-refractivity contribution in [3.05, 3.63) is 57.7 Å². The van der Waals surface area contributed by atoms with Crippen molar-refractivity contribution in [2.75, 3.05) is 6.61 Å². The van der Waals surface area contributed by atoms with Gasteiger partial charge in [0.15, 0.2) is 0 Å². The van der Waals surface area contributed by atoms with Crippen LogP contribution in [0.25, 0.3) is 5.70 Å². The fourth-order valence-electron chi connectivity index (χ4n) is 3.67. The molecule has 1 aromatic carbocycles. The van der Waals surface area contributed by atoms with Crippen LogP contribution in [-0.4, -0.2) is 16.3 Å². The van der Waals surface area contributed by atoms with Crippen molar-refractivity contribution in [1.82, 2.24) is 9.72 Å². The number of rotatable bonds is 4. The van der Waals surface area contributed by atoms with Gasteiger partial charge in [-0.05, 0) is 31.1 Å². The molecule has 1 unspecified atom stereocenters. The van der Waals surface area contributed by atoms with Crippen molar-refractivity contribution >= 4 is 17.5 Å². The summed E-state index contributed by atoms with van der Waals surface area (Å²) in [6, 6.07) is 9.98. The van der Waals surface area contributed by atoms with E-state index in [9.17, 15) is 4.79 Å². The lowest BCUT2D eigenvalue weighted by atomic mass is 9.90. The summed E-state index contributed by atoms with van der Waals surface area (Å²) in [6.45, 7) is 2.54. The minimum Gasteiger partial charge on any atom is -0.352 e. The third-order valence-electron chi connectivity index (χ3n) is 5.05. The van der Waals surface area contributed by atoms with E-state index < -0.39 is 10.7 Å². The lowest BCUT2D eigenvalue weighted by Gasteiger charge is -2.35. The van der Waals surface area contributed by atoms with E-state index in [1.807, 2.05) is 42.7 Å². The van der Waals surface area contributed by atoms with Gasteiger partial charge in [0.25, 0.3) is 0 Å². The summed E-state index contributed by atoms with van der Waals surface area (Å²) < 4.78 is 13.0. The summed E-state index contributed by atoms with van der Waals surface area (Å²) in [4.78, 5) is 11.3. The third kappa shape index (κ3) is 2.98. The molecular weight excluding hydrogens is 336 g/mol. The van der Waals surface area contributed by atoms with E-state index in [1.54, 1.807) is 11.8 Å². The Morgan fingerprint density at radius 2 is 2.04 bits per heavy atom. The standard InChI is InChI=1S/C19H22N2O3S/c1-14-13-25-19(16-10-6-3-7-11-16,17-20-24-18(22)21(14)17)23-12-15-8-4-2-5-9-15/h3,6-7,10-11,13,15H,2,4-5,8-9,12H2,1H3. The molecule has 1 aliphatic heterocycles. The van der Waals surface area contributed by atoms with E-state index in [-0.39, 0.29) is 0 Å². The van der Waals surface area contributed by atoms with Crippen molar-refractivity contribution in [1.29, 1.82) is 0 Å². The summed E-state index contributed by atoms with van der Waals surface area (Å²) >= 11 is 1.55. The number of thioether (sulfide) groups is 1. The Labute approximate surface area is 151 Å². The Morgan fingerprint density at radius 1 is 1.28 bits per heavy atom. The summed E-state index contributed by atoms with van der Waals surface area (Å²) in [5, 5.41) is 6.05. The first-order valence-electron chi connectivity index (χ1n) is 8.84. The fourth-order valence-corrected chi connectivity index (χ4v) is 4.75. The van der Waals surface area contributed by atoms with Gasteiger partial charge in [0, 0.05) is 11.3 Å². The third-order valence-corrected chi connectivity index (χ3v) is 6.38. The van der Waals surface area contributed by atoms with Gasteiger partial charge in [0.1, 0.15) is 0 Å². The zero-order valence-corrected chi connectivity index (χ0v) is 15.1. The number of allylic oxidation sites excluding steroid dienone is 1. The molecule has 0 saturated heterocycles. The SMILES string of the molecule is CC1=CSC(OCC2CCCCC2)(c2ccccc2)c2noc(=O)n21. The lowest BCUT2D eigenvalue weighted by Crippen LogP contribution is -2.36. The number of nitrogens with zero attached hydrogens (tertiary/aromatic N) is 2. The normalized spacial score (nSPS) is 24.0. The van der Waals surface area contributed by atoms with Crippen LogP contribution in [0.15, 0.2) is 45.1 Å². The zero-order valence-electron chi connectivity index (χ0n) is 14.3. The predicted molar refractivity (Wildman–Crippen MR) is 98.1 cm³/mol. The molecule has 0 amide bonds. The maximum absolute atomic E-state index is 12.1. The van der Waals surface area contributed by atoms with Crippen LogP contribution in [0.2, 0.25) is 0 Å². The Kier molecular flexibility index (Phi) is 4.56. The molecule has 1 atom stereocenters. The van der Waals surface area contributed by atoms with E-state index >= 15 is 0 Å². The first kappa shape index (κ1) is 16.7. The summed E-state index contributed by atoms with van der Waals surface area (Å²) in [6.07, 6.45) is 6.27. The maximum Gasteiger partial charge on any atom is 0.446 e. The van der Waals surface area contributed by atoms with E-state index in [2.05, 4.69) is 5.16 Å². The second-order valence-corrected chi connectivity index (χ2v) is 7.83. The number of hydrogen-bond acceptors (Lipinski definition) is 5. The molecule has 1 aromatic heterocycles. The highest BCUT2D eigenvalue weighted by Crippen LogP contribution is 2.48. The smallest absolute Gasteiger partial charge is 0.352 e. The Morgan fingerprint density at radius 3 is 2.80 bits per heavy atom. The Bertz CT molecular complexity index is 821. The molecule has 6 heteroatoms. The minimum absolute atomic E-state index is 0.467.